The van der Waals surface area contributed by atoms with Crippen LogP contribution in [0.3, 0.4) is 0 Å². The highest BCUT2D eigenvalue weighted by atomic mass is 79.9. The van der Waals surface area contributed by atoms with E-state index in [1.54, 1.807) is 18.2 Å². The minimum absolute atomic E-state index is 0.0477. The zero-order chi connectivity index (χ0) is 16.7. The maximum Gasteiger partial charge on any atom is 0.174 e. The average molecular weight is 369 g/mol. The van der Waals surface area contributed by atoms with Crippen molar-refractivity contribution in [3.05, 3.63) is 58.1 Å². The number of methoxy groups -OCH3 is 1. The predicted octanol–water partition coefficient (Wildman–Crippen LogP) is 4.42. The normalized spacial score (nSPS) is 10.5. The Morgan fingerprint density at radius 2 is 1.87 bits per heavy atom. The minimum atomic E-state index is -0.0477. The van der Waals surface area contributed by atoms with Crippen LogP contribution in [-0.4, -0.2) is 13.7 Å². The largest absolute Gasteiger partial charge is 0.493 e. The molecule has 0 fully saturated rings. The molecule has 0 aliphatic heterocycles. The zero-order valence-corrected chi connectivity index (χ0v) is 14.0. The summed E-state index contributed by atoms with van der Waals surface area (Å²) < 4.78 is 11.5. The van der Waals surface area contributed by atoms with Gasteiger partial charge in [0.1, 0.15) is 6.07 Å². The number of allylic oxidation sites excluding steroid dienone is 1. The minimum Gasteiger partial charge on any atom is -0.493 e. The molecule has 23 heavy (non-hydrogen) atoms. The molecule has 0 aliphatic carbocycles. The second-order valence-corrected chi connectivity index (χ2v) is 5.45. The van der Waals surface area contributed by atoms with Gasteiger partial charge in [0.15, 0.2) is 18.1 Å². The fourth-order valence-electron chi connectivity index (χ4n) is 1.98. The molecule has 0 saturated carbocycles. The molecule has 0 saturated heterocycles. The lowest BCUT2D eigenvalue weighted by Crippen LogP contribution is -1.96. The third kappa shape index (κ3) is 4.35. The Labute approximate surface area is 143 Å². The maximum absolute atomic E-state index is 9.39. The summed E-state index contributed by atoms with van der Waals surface area (Å²) in [4.78, 5) is 0. The summed E-state index contributed by atoms with van der Waals surface area (Å²) in [7, 11) is 1.53. The number of ether oxygens (including phenoxy) is 2. The number of benzene rings is 2. The molecule has 0 aromatic heterocycles. The molecule has 0 amide bonds. The van der Waals surface area contributed by atoms with Crippen molar-refractivity contribution in [1.29, 1.82) is 10.5 Å². The number of nitrogens with zero attached hydrogens (tertiary/aromatic N) is 2. The number of rotatable bonds is 5. The third-order valence-electron chi connectivity index (χ3n) is 3.07. The van der Waals surface area contributed by atoms with Crippen molar-refractivity contribution in [1.82, 2.24) is 0 Å². The van der Waals surface area contributed by atoms with Gasteiger partial charge in [0.25, 0.3) is 0 Å². The Hall–Kier alpha value is -2.76. The fraction of sp³-hybridized carbons (Fsp3) is 0.111. The first kappa shape index (κ1) is 16.6. The van der Waals surface area contributed by atoms with Gasteiger partial charge < -0.3 is 9.47 Å². The van der Waals surface area contributed by atoms with Crippen LogP contribution in [0.25, 0.3) is 11.6 Å². The van der Waals surface area contributed by atoms with Gasteiger partial charge in [-0.1, -0.05) is 34.1 Å². The second kappa shape index (κ2) is 8.03. The summed E-state index contributed by atoms with van der Waals surface area (Å²) >= 11 is 3.38. The topological polar surface area (TPSA) is 66.0 Å². The van der Waals surface area contributed by atoms with Gasteiger partial charge in [-0.25, -0.2) is 0 Å². The second-order valence-electron chi connectivity index (χ2n) is 4.53. The van der Waals surface area contributed by atoms with E-state index in [1.807, 2.05) is 36.4 Å². The summed E-state index contributed by atoms with van der Waals surface area (Å²) in [6.45, 7) is -0.0477. The van der Waals surface area contributed by atoms with E-state index in [2.05, 4.69) is 22.0 Å². The van der Waals surface area contributed by atoms with E-state index in [9.17, 15) is 5.26 Å². The lowest BCUT2D eigenvalue weighted by molar-refractivity contribution is 0.329. The molecule has 0 unspecified atom stereocenters. The van der Waals surface area contributed by atoms with Gasteiger partial charge in [-0.05, 0) is 41.5 Å². The Kier molecular flexibility index (Phi) is 5.80. The molecule has 114 valence electrons. The van der Waals surface area contributed by atoms with E-state index in [0.29, 0.717) is 17.1 Å². The summed E-state index contributed by atoms with van der Waals surface area (Å²) in [5.74, 6) is 1.01. The highest BCUT2D eigenvalue weighted by Gasteiger charge is 2.06. The molecule has 2 aromatic rings. The van der Waals surface area contributed by atoms with E-state index in [4.69, 9.17) is 14.7 Å². The molecule has 2 rings (SSSR count). The molecular formula is C18H13BrN2O2. The van der Waals surface area contributed by atoms with Crippen LogP contribution < -0.4 is 9.47 Å². The predicted molar refractivity (Wildman–Crippen MR) is 91.7 cm³/mol. The molecule has 2 aromatic carbocycles. The molecule has 0 radical (unpaired) electrons. The monoisotopic (exact) mass is 368 g/mol. The highest BCUT2D eigenvalue weighted by Crippen LogP contribution is 2.30. The van der Waals surface area contributed by atoms with Crippen LogP contribution in [0.5, 0.6) is 11.5 Å². The smallest absolute Gasteiger partial charge is 0.174 e. The van der Waals surface area contributed by atoms with E-state index in [1.165, 1.54) is 7.11 Å². The van der Waals surface area contributed by atoms with Crippen LogP contribution >= 0.6 is 15.9 Å². The van der Waals surface area contributed by atoms with Crippen LogP contribution in [0.4, 0.5) is 0 Å². The van der Waals surface area contributed by atoms with Crippen molar-refractivity contribution in [2.45, 2.75) is 0 Å². The summed E-state index contributed by atoms with van der Waals surface area (Å²) in [6.07, 6.45) is 1.78. The van der Waals surface area contributed by atoms with Crippen molar-refractivity contribution in [2.75, 3.05) is 13.7 Å². The lowest BCUT2D eigenvalue weighted by Gasteiger charge is -2.09. The van der Waals surface area contributed by atoms with Crippen LogP contribution in [0.15, 0.2) is 46.9 Å². The summed E-state index contributed by atoms with van der Waals surface area (Å²) in [5, 5.41) is 18.0. The molecule has 0 atom stereocenters. The zero-order valence-electron chi connectivity index (χ0n) is 12.4. The molecular weight excluding hydrogens is 356 g/mol. The van der Waals surface area contributed by atoms with Crippen molar-refractivity contribution in [2.24, 2.45) is 0 Å². The van der Waals surface area contributed by atoms with E-state index >= 15 is 0 Å². The molecule has 0 bridgehead atoms. The molecule has 5 heteroatoms. The van der Waals surface area contributed by atoms with Gasteiger partial charge in [-0.2, -0.15) is 10.5 Å². The van der Waals surface area contributed by atoms with Crippen LogP contribution in [0, 0.1) is 22.7 Å². The van der Waals surface area contributed by atoms with Gasteiger partial charge in [0, 0.05) is 4.47 Å². The van der Waals surface area contributed by atoms with Gasteiger partial charge >= 0.3 is 0 Å². The highest BCUT2D eigenvalue weighted by molar-refractivity contribution is 9.10. The summed E-state index contributed by atoms with van der Waals surface area (Å²) in [5.41, 5.74) is 2.19. The van der Waals surface area contributed by atoms with Crippen LogP contribution in [0.2, 0.25) is 0 Å². The van der Waals surface area contributed by atoms with Gasteiger partial charge in [0.05, 0.1) is 18.8 Å². The molecule has 0 heterocycles. The number of hydrogen-bond acceptors (Lipinski definition) is 4. The van der Waals surface area contributed by atoms with Gasteiger partial charge in [-0.3, -0.25) is 0 Å². The first-order chi connectivity index (χ1) is 11.2. The molecule has 0 spiro atoms. The standard InChI is InChI=1S/C18H13BrN2O2/c1-22-18-11-13(2-7-17(18)23-9-8-20)10-15(12-21)14-3-5-16(19)6-4-14/h2-7,10-11H,9H2,1H3/b15-10-. The quantitative estimate of drug-likeness (QED) is 0.578. The van der Waals surface area contributed by atoms with E-state index < -0.39 is 0 Å². The van der Waals surface area contributed by atoms with Crippen molar-refractivity contribution in [3.8, 4) is 23.6 Å². The number of hydrogen-bond donors (Lipinski definition) is 0. The maximum atomic E-state index is 9.39. The average Bonchev–Trinajstić information content (AvgIpc) is 2.59. The van der Waals surface area contributed by atoms with Crippen LogP contribution in [0.1, 0.15) is 11.1 Å². The molecule has 0 aliphatic rings. The fourth-order valence-corrected chi connectivity index (χ4v) is 2.24. The van der Waals surface area contributed by atoms with E-state index in [-0.39, 0.29) is 6.61 Å². The van der Waals surface area contributed by atoms with Crippen molar-refractivity contribution >= 4 is 27.6 Å². The first-order valence-electron chi connectivity index (χ1n) is 6.73. The van der Waals surface area contributed by atoms with Crippen molar-refractivity contribution < 1.29 is 9.47 Å². The molecule has 4 nitrogen and oxygen atoms in total. The Morgan fingerprint density at radius 1 is 1.13 bits per heavy atom. The van der Waals surface area contributed by atoms with Crippen molar-refractivity contribution in [3.63, 3.8) is 0 Å². The Morgan fingerprint density at radius 3 is 2.48 bits per heavy atom. The number of nitriles is 2. The lowest BCUT2D eigenvalue weighted by atomic mass is 10.0. The SMILES string of the molecule is COc1cc(/C=C(/C#N)c2ccc(Br)cc2)ccc1OCC#N. The molecule has 0 N–H and O–H groups in total. The van der Waals surface area contributed by atoms with E-state index in [0.717, 1.165) is 15.6 Å². The first-order valence-corrected chi connectivity index (χ1v) is 7.52. The Balaban J connectivity index is 2.35. The number of halogens is 1. The Bertz CT molecular complexity index is 799. The summed E-state index contributed by atoms with van der Waals surface area (Å²) in [6, 6.07) is 16.9. The van der Waals surface area contributed by atoms with Gasteiger partial charge in [-0.15, -0.1) is 0 Å². The third-order valence-corrected chi connectivity index (χ3v) is 3.60. The van der Waals surface area contributed by atoms with Gasteiger partial charge in [0.2, 0.25) is 0 Å². The van der Waals surface area contributed by atoms with Crippen LogP contribution in [-0.2, 0) is 0 Å².